The van der Waals surface area contributed by atoms with E-state index in [0.29, 0.717) is 0 Å². The molecule has 0 bridgehead atoms. The topological polar surface area (TPSA) is 40.5 Å². The standard InChI is InChI=1S/C6H6.C3H6.C2H6O.CH4O/c1-2-4-6-5-3-1;1-3-2;1-2-3;1-2/h1-6H;3H,1H2,2H3;3H,2H2,1H3;2H,1H3. The molecule has 14 heavy (non-hydrogen) atoms. The Bertz CT molecular complexity index is 123. The summed E-state index contributed by atoms with van der Waals surface area (Å²) in [7, 11) is 1.00. The predicted octanol–water partition coefficient (Wildman–Crippen LogP) is 2.49. The van der Waals surface area contributed by atoms with Gasteiger partial charge in [-0.05, 0) is 13.8 Å². The van der Waals surface area contributed by atoms with Crippen LogP contribution < -0.4 is 0 Å². The molecular weight excluding hydrogens is 176 g/mol. The maximum atomic E-state index is 7.57. The quantitative estimate of drug-likeness (QED) is 0.629. The van der Waals surface area contributed by atoms with E-state index < -0.39 is 0 Å². The lowest BCUT2D eigenvalue weighted by molar-refractivity contribution is 0.318. The van der Waals surface area contributed by atoms with Crippen LogP contribution in [0.25, 0.3) is 0 Å². The molecular formula is C12H22O2. The van der Waals surface area contributed by atoms with Crippen molar-refractivity contribution in [1.29, 1.82) is 0 Å². The molecule has 1 aromatic carbocycles. The lowest BCUT2D eigenvalue weighted by Gasteiger charge is -1.69. The highest BCUT2D eigenvalue weighted by molar-refractivity contribution is 4.99. The van der Waals surface area contributed by atoms with Gasteiger partial charge in [0.25, 0.3) is 0 Å². The van der Waals surface area contributed by atoms with Gasteiger partial charge in [-0.15, -0.1) is 6.58 Å². The second-order valence-corrected chi connectivity index (χ2v) is 1.88. The average Bonchev–Trinajstić information content (AvgIpc) is 2.26. The molecule has 0 aliphatic rings. The van der Waals surface area contributed by atoms with Gasteiger partial charge < -0.3 is 10.2 Å². The van der Waals surface area contributed by atoms with Crippen LogP contribution in [0.5, 0.6) is 0 Å². The van der Waals surface area contributed by atoms with Crippen molar-refractivity contribution in [3.63, 3.8) is 0 Å². The van der Waals surface area contributed by atoms with E-state index in [1.165, 1.54) is 0 Å². The number of aliphatic hydroxyl groups excluding tert-OH is 2. The molecule has 0 amide bonds. The van der Waals surface area contributed by atoms with Gasteiger partial charge in [-0.25, -0.2) is 0 Å². The molecule has 2 nitrogen and oxygen atoms in total. The maximum absolute atomic E-state index is 7.57. The van der Waals surface area contributed by atoms with Crippen molar-refractivity contribution in [2.45, 2.75) is 13.8 Å². The van der Waals surface area contributed by atoms with Crippen LogP contribution in [0.1, 0.15) is 13.8 Å². The minimum Gasteiger partial charge on any atom is -0.400 e. The van der Waals surface area contributed by atoms with E-state index >= 15 is 0 Å². The Labute approximate surface area is 87.5 Å². The summed E-state index contributed by atoms with van der Waals surface area (Å²) in [6, 6.07) is 12.0. The molecule has 0 atom stereocenters. The summed E-state index contributed by atoms with van der Waals surface area (Å²) in [6.45, 7) is 7.18. The second kappa shape index (κ2) is 29.7. The van der Waals surface area contributed by atoms with Gasteiger partial charge in [0.2, 0.25) is 0 Å². The van der Waals surface area contributed by atoms with Gasteiger partial charge >= 0.3 is 0 Å². The fraction of sp³-hybridized carbons (Fsp3) is 0.333. The van der Waals surface area contributed by atoms with Crippen molar-refractivity contribution >= 4 is 0 Å². The van der Waals surface area contributed by atoms with E-state index in [1.54, 1.807) is 13.0 Å². The molecule has 2 N–H and O–H groups in total. The molecule has 1 rings (SSSR count). The van der Waals surface area contributed by atoms with Crippen LogP contribution >= 0.6 is 0 Å². The summed E-state index contributed by atoms with van der Waals surface area (Å²) in [6.07, 6.45) is 1.75. The predicted molar refractivity (Wildman–Crippen MR) is 63.2 cm³/mol. The van der Waals surface area contributed by atoms with Crippen LogP contribution in [-0.4, -0.2) is 23.9 Å². The number of hydrogen-bond donors (Lipinski definition) is 2. The third-order valence-electron chi connectivity index (χ3n) is 0.667. The Kier molecular flexibility index (Phi) is 39.5. The molecule has 0 heterocycles. The molecule has 0 aliphatic carbocycles. The fourth-order valence-electron chi connectivity index (χ4n) is 0.385. The minimum absolute atomic E-state index is 0.250. The summed E-state index contributed by atoms with van der Waals surface area (Å²) >= 11 is 0. The molecule has 0 fully saturated rings. The molecule has 0 radical (unpaired) electrons. The van der Waals surface area contributed by atoms with Gasteiger partial charge in [-0.1, -0.05) is 42.5 Å². The van der Waals surface area contributed by atoms with Gasteiger partial charge in [0, 0.05) is 13.7 Å². The first-order valence-corrected chi connectivity index (χ1v) is 4.46. The zero-order valence-corrected chi connectivity index (χ0v) is 9.35. The number of benzene rings is 1. The highest BCUT2D eigenvalue weighted by Gasteiger charge is 1.57. The van der Waals surface area contributed by atoms with E-state index in [1.807, 2.05) is 43.3 Å². The summed E-state index contributed by atoms with van der Waals surface area (Å²) < 4.78 is 0. The summed E-state index contributed by atoms with van der Waals surface area (Å²) in [5.74, 6) is 0. The SMILES string of the molecule is C=CC.CCO.CO.c1ccccc1. The summed E-state index contributed by atoms with van der Waals surface area (Å²) in [4.78, 5) is 0. The first-order valence-electron chi connectivity index (χ1n) is 4.46. The number of allylic oxidation sites excluding steroid dienone is 1. The normalized spacial score (nSPS) is 6.07. The van der Waals surface area contributed by atoms with Crippen LogP contribution in [-0.2, 0) is 0 Å². The second-order valence-electron chi connectivity index (χ2n) is 1.88. The van der Waals surface area contributed by atoms with Crippen LogP contribution in [0.4, 0.5) is 0 Å². The van der Waals surface area contributed by atoms with Crippen LogP contribution in [0.3, 0.4) is 0 Å². The Morgan fingerprint density at radius 1 is 1.00 bits per heavy atom. The van der Waals surface area contributed by atoms with E-state index in [9.17, 15) is 0 Å². The third-order valence-corrected chi connectivity index (χ3v) is 0.667. The molecule has 0 saturated heterocycles. The molecule has 2 heteroatoms. The van der Waals surface area contributed by atoms with Gasteiger partial charge in [0.15, 0.2) is 0 Å². The number of hydrogen-bond acceptors (Lipinski definition) is 2. The van der Waals surface area contributed by atoms with E-state index in [0.717, 1.165) is 7.11 Å². The van der Waals surface area contributed by atoms with E-state index in [-0.39, 0.29) is 6.61 Å². The van der Waals surface area contributed by atoms with Crippen molar-refractivity contribution in [2.75, 3.05) is 13.7 Å². The summed E-state index contributed by atoms with van der Waals surface area (Å²) in [5, 5.41) is 14.6. The van der Waals surface area contributed by atoms with Crippen molar-refractivity contribution in [2.24, 2.45) is 0 Å². The Balaban J connectivity index is -0.000000132. The van der Waals surface area contributed by atoms with Gasteiger partial charge in [-0.3, -0.25) is 0 Å². The molecule has 0 spiro atoms. The highest BCUT2D eigenvalue weighted by atomic mass is 16.2. The van der Waals surface area contributed by atoms with Gasteiger partial charge in [0.05, 0.1) is 0 Å². The van der Waals surface area contributed by atoms with Crippen LogP contribution in [0.15, 0.2) is 49.1 Å². The van der Waals surface area contributed by atoms with Crippen molar-refractivity contribution in [3.05, 3.63) is 49.1 Å². The molecule has 0 unspecified atom stereocenters. The Morgan fingerprint density at radius 2 is 1.07 bits per heavy atom. The zero-order chi connectivity index (χ0) is 11.7. The van der Waals surface area contributed by atoms with Gasteiger partial charge in [-0.2, -0.15) is 0 Å². The van der Waals surface area contributed by atoms with Gasteiger partial charge in [0.1, 0.15) is 0 Å². The minimum atomic E-state index is 0.250. The highest BCUT2D eigenvalue weighted by Crippen LogP contribution is 1.79. The maximum Gasteiger partial charge on any atom is 0.0402 e. The first kappa shape index (κ1) is 18.6. The molecule has 0 aliphatic heterocycles. The first-order chi connectivity index (χ1) is 6.83. The average molecular weight is 198 g/mol. The molecule has 1 aromatic rings. The van der Waals surface area contributed by atoms with E-state index in [4.69, 9.17) is 10.2 Å². The van der Waals surface area contributed by atoms with Crippen LogP contribution in [0.2, 0.25) is 0 Å². The largest absolute Gasteiger partial charge is 0.400 e. The lowest BCUT2D eigenvalue weighted by Crippen LogP contribution is -1.57. The van der Waals surface area contributed by atoms with Crippen molar-refractivity contribution < 1.29 is 10.2 Å². The van der Waals surface area contributed by atoms with Crippen LogP contribution in [0, 0.1) is 0 Å². The molecule has 82 valence electrons. The van der Waals surface area contributed by atoms with Crippen molar-refractivity contribution in [1.82, 2.24) is 0 Å². The Hall–Kier alpha value is -1.12. The zero-order valence-electron chi connectivity index (χ0n) is 9.35. The van der Waals surface area contributed by atoms with Crippen molar-refractivity contribution in [3.8, 4) is 0 Å². The summed E-state index contributed by atoms with van der Waals surface area (Å²) in [5.41, 5.74) is 0. The smallest absolute Gasteiger partial charge is 0.0402 e. The monoisotopic (exact) mass is 198 g/mol. The lowest BCUT2D eigenvalue weighted by atomic mass is 10.4. The third kappa shape index (κ3) is 44.6. The van der Waals surface area contributed by atoms with E-state index in [2.05, 4.69) is 6.58 Å². The fourth-order valence-corrected chi connectivity index (χ4v) is 0.385. The number of rotatable bonds is 0. The molecule has 0 saturated carbocycles. The molecule has 0 aromatic heterocycles. The Morgan fingerprint density at radius 3 is 1.14 bits per heavy atom. The number of aliphatic hydroxyl groups is 2.